The summed E-state index contributed by atoms with van der Waals surface area (Å²) in [5.41, 5.74) is 2.66. The summed E-state index contributed by atoms with van der Waals surface area (Å²) < 4.78 is 19.6. The second-order valence-electron chi connectivity index (χ2n) is 6.88. The Morgan fingerprint density at radius 2 is 1.84 bits per heavy atom. The van der Waals surface area contributed by atoms with Crippen molar-refractivity contribution in [1.29, 1.82) is 5.41 Å². The summed E-state index contributed by atoms with van der Waals surface area (Å²) in [5, 5.41) is 11.1. The fourth-order valence-corrected chi connectivity index (χ4v) is 3.74. The highest BCUT2D eigenvalue weighted by atomic mass is 127. The van der Waals surface area contributed by atoms with Crippen LogP contribution in [0.15, 0.2) is 54.9 Å². The Morgan fingerprint density at radius 1 is 1.13 bits per heavy atom. The van der Waals surface area contributed by atoms with Crippen molar-refractivity contribution in [3.8, 4) is 11.1 Å². The molecule has 1 aliphatic rings. The minimum atomic E-state index is -0.346. The summed E-state index contributed by atoms with van der Waals surface area (Å²) in [7, 11) is 0. The van der Waals surface area contributed by atoms with Crippen LogP contribution in [0.1, 0.15) is 15.9 Å². The zero-order valence-corrected chi connectivity index (χ0v) is 18.6. The molecule has 1 saturated heterocycles. The number of benzene rings is 2. The summed E-state index contributed by atoms with van der Waals surface area (Å²) in [5.74, 6) is -0.148. The van der Waals surface area contributed by atoms with Gasteiger partial charge in [0.2, 0.25) is 5.95 Å². The molecule has 1 aliphatic heterocycles. The van der Waals surface area contributed by atoms with Gasteiger partial charge in [-0.05, 0) is 46.9 Å². The third-order valence-electron chi connectivity index (χ3n) is 4.88. The monoisotopic (exact) mass is 531 g/mol. The van der Waals surface area contributed by atoms with Gasteiger partial charge in [0.1, 0.15) is 9.54 Å². The minimum absolute atomic E-state index is 0.0892. The van der Waals surface area contributed by atoms with Gasteiger partial charge in [0.15, 0.2) is 0 Å². The van der Waals surface area contributed by atoms with Crippen LogP contribution >= 0.6 is 22.6 Å². The number of anilines is 2. The van der Waals surface area contributed by atoms with Crippen molar-refractivity contribution in [1.82, 2.24) is 14.9 Å². The molecule has 0 bridgehead atoms. The summed E-state index contributed by atoms with van der Waals surface area (Å²) >= 11 is 1.91. The number of morpholine rings is 1. The highest BCUT2D eigenvalue weighted by Crippen LogP contribution is 2.26. The van der Waals surface area contributed by atoms with Crippen LogP contribution in [0.4, 0.5) is 16.0 Å². The molecule has 0 aliphatic carbocycles. The van der Waals surface area contributed by atoms with Gasteiger partial charge in [-0.2, -0.15) is 0 Å². The lowest BCUT2D eigenvalue weighted by atomic mass is 10.1. The molecule has 0 spiro atoms. The number of aromatic nitrogens is 2. The van der Waals surface area contributed by atoms with Crippen LogP contribution in [0, 0.1) is 11.2 Å². The Balaban J connectivity index is 1.60. The molecule has 1 aromatic heterocycles. The van der Waals surface area contributed by atoms with Crippen LogP contribution in [-0.2, 0) is 4.74 Å². The van der Waals surface area contributed by atoms with Gasteiger partial charge in [0, 0.05) is 47.7 Å². The molecular weight excluding hydrogens is 512 g/mol. The van der Waals surface area contributed by atoms with Crippen molar-refractivity contribution >= 4 is 43.9 Å². The average Bonchev–Trinajstić information content (AvgIpc) is 2.80. The molecular formula is C22H19FIN5O2. The van der Waals surface area contributed by atoms with Crippen LogP contribution in [-0.4, -0.2) is 50.8 Å². The van der Waals surface area contributed by atoms with Gasteiger partial charge in [-0.15, -0.1) is 0 Å². The third-order valence-corrected chi connectivity index (χ3v) is 5.47. The van der Waals surface area contributed by atoms with E-state index in [0.29, 0.717) is 58.0 Å². The molecule has 3 aromatic rings. The maximum Gasteiger partial charge on any atom is 0.254 e. The van der Waals surface area contributed by atoms with Gasteiger partial charge in [0.05, 0.1) is 18.9 Å². The summed E-state index contributed by atoms with van der Waals surface area (Å²) in [6, 6.07) is 11.6. The molecule has 0 radical (unpaired) electrons. The van der Waals surface area contributed by atoms with E-state index in [1.165, 1.54) is 18.5 Å². The number of ether oxygens (including phenoxy) is 1. The van der Waals surface area contributed by atoms with Gasteiger partial charge in [-0.25, -0.2) is 14.4 Å². The molecule has 7 nitrogen and oxygen atoms in total. The van der Waals surface area contributed by atoms with Gasteiger partial charge in [0.25, 0.3) is 5.91 Å². The van der Waals surface area contributed by atoms with E-state index in [2.05, 4.69) is 15.3 Å². The number of nitrogens with zero attached hydrogens (tertiary/aromatic N) is 3. The molecule has 2 heterocycles. The molecule has 0 saturated carbocycles. The van der Waals surface area contributed by atoms with Crippen molar-refractivity contribution in [2.75, 3.05) is 31.6 Å². The number of halogens is 2. The normalized spacial score (nSPS) is 13.7. The third kappa shape index (κ3) is 4.88. The number of carbonyl (C=O) groups excluding carboxylic acids is 1. The van der Waals surface area contributed by atoms with Crippen LogP contribution in [0.25, 0.3) is 11.1 Å². The second kappa shape index (κ2) is 9.48. The van der Waals surface area contributed by atoms with E-state index in [1.54, 1.807) is 41.3 Å². The number of rotatable bonds is 5. The quantitative estimate of drug-likeness (QED) is 0.380. The Kier molecular flexibility index (Phi) is 6.52. The van der Waals surface area contributed by atoms with Crippen molar-refractivity contribution in [3.63, 3.8) is 0 Å². The Hall–Kier alpha value is -2.92. The molecule has 1 fully saturated rings. The molecule has 158 valence electrons. The average molecular weight is 531 g/mol. The lowest BCUT2D eigenvalue weighted by Crippen LogP contribution is -2.40. The van der Waals surface area contributed by atoms with Gasteiger partial charge in [-0.3, -0.25) is 10.2 Å². The van der Waals surface area contributed by atoms with Gasteiger partial charge < -0.3 is 15.0 Å². The number of carbonyl (C=O) groups is 1. The van der Waals surface area contributed by atoms with E-state index in [-0.39, 0.29) is 17.7 Å². The number of nitrogens with one attached hydrogen (secondary N) is 2. The van der Waals surface area contributed by atoms with E-state index in [9.17, 15) is 9.18 Å². The first-order valence-corrected chi connectivity index (χ1v) is 10.7. The van der Waals surface area contributed by atoms with E-state index >= 15 is 0 Å². The van der Waals surface area contributed by atoms with Crippen LogP contribution in [0.3, 0.4) is 0 Å². The smallest absolute Gasteiger partial charge is 0.254 e. The highest BCUT2D eigenvalue weighted by Gasteiger charge is 2.20. The minimum Gasteiger partial charge on any atom is -0.378 e. The maximum absolute atomic E-state index is 14.0. The van der Waals surface area contributed by atoms with Crippen molar-refractivity contribution in [2.24, 2.45) is 0 Å². The van der Waals surface area contributed by atoms with E-state index in [4.69, 9.17) is 10.1 Å². The van der Waals surface area contributed by atoms with Crippen molar-refractivity contribution in [2.45, 2.75) is 0 Å². The van der Waals surface area contributed by atoms with Crippen LogP contribution < -0.4 is 5.32 Å². The molecule has 9 heteroatoms. The fraction of sp³-hybridized carbons (Fsp3) is 0.182. The molecule has 0 unspecified atom stereocenters. The van der Waals surface area contributed by atoms with E-state index in [1.807, 2.05) is 22.6 Å². The largest absolute Gasteiger partial charge is 0.378 e. The maximum atomic E-state index is 14.0. The summed E-state index contributed by atoms with van der Waals surface area (Å²) in [6.07, 6.45) is 3.07. The summed E-state index contributed by atoms with van der Waals surface area (Å²) in [6.45, 7) is 2.14. The SMILES string of the molecule is N=C(I)c1ccc(C(=O)N2CCOCC2)cc1Nc1ncc(-c2ccccc2F)cn1. The molecule has 0 atom stereocenters. The number of hydrogen-bond acceptors (Lipinski definition) is 6. The number of hydrogen-bond donors (Lipinski definition) is 2. The molecule has 4 rings (SSSR count). The second-order valence-corrected chi connectivity index (χ2v) is 7.96. The Bertz CT molecular complexity index is 1120. The van der Waals surface area contributed by atoms with Crippen LogP contribution in [0.2, 0.25) is 0 Å². The van der Waals surface area contributed by atoms with E-state index < -0.39 is 0 Å². The first-order valence-electron chi connectivity index (χ1n) is 9.62. The van der Waals surface area contributed by atoms with E-state index in [0.717, 1.165) is 0 Å². The predicted octanol–water partition coefficient (Wildman–Crippen LogP) is 4.26. The molecule has 2 N–H and O–H groups in total. The molecule has 1 amide bonds. The first-order chi connectivity index (χ1) is 15.0. The van der Waals surface area contributed by atoms with Crippen molar-refractivity contribution in [3.05, 3.63) is 71.8 Å². The zero-order valence-electron chi connectivity index (χ0n) is 16.4. The molecule has 2 aromatic carbocycles. The summed E-state index contributed by atoms with van der Waals surface area (Å²) in [4.78, 5) is 23.2. The lowest BCUT2D eigenvalue weighted by molar-refractivity contribution is 0.0303. The van der Waals surface area contributed by atoms with Gasteiger partial charge >= 0.3 is 0 Å². The fourth-order valence-electron chi connectivity index (χ4n) is 3.27. The van der Waals surface area contributed by atoms with Crippen molar-refractivity contribution < 1.29 is 13.9 Å². The van der Waals surface area contributed by atoms with Crippen LogP contribution in [0.5, 0.6) is 0 Å². The topological polar surface area (TPSA) is 91.2 Å². The van der Waals surface area contributed by atoms with Gasteiger partial charge in [-0.1, -0.05) is 18.2 Å². The predicted molar refractivity (Wildman–Crippen MR) is 125 cm³/mol. The zero-order chi connectivity index (χ0) is 21.8. The lowest BCUT2D eigenvalue weighted by Gasteiger charge is -2.27. The first kappa shape index (κ1) is 21.3. The molecule has 31 heavy (non-hydrogen) atoms. The Morgan fingerprint density at radius 3 is 2.52 bits per heavy atom. The Labute approximate surface area is 192 Å². The highest BCUT2D eigenvalue weighted by molar-refractivity contribution is 14.1. The standard InChI is InChI=1S/C22H19FIN5O2/c23-18-4-2-1-3-16(18)15-12-26-22(27-13-15)28-19-11-14(5-6-17(19)20(24)25)21(30)29-7-9-31-10-8-29/h1-6,11-13,25H,7-10H2,(H,26,27,28). The number of amides is 1.